The van der Waals surface area contributed by atoms with Crippen molar-refractivity contribution in [1.29, 1.82) is 0 Å². The van der Waals surface area contributed by atoms with Crippen molar-refractivity contribution in [3.63, 3.8) is 0 Å². The molecule has 0 radical (unpaired) electrons. The maximum absolute atomic E-state index is 12.5. The molecule has 1 amide bonds. The van der Waals surface area contributed by atoms with Crippen molar-refractivity contribution in [2.45, 2.75) is 38.6 Å². The minimum atomic E-state index is -0.237. The van der Waals surface area contributed by atoms with Gasteiger partial charge < -0.3 is 15.0 Å². The number of nitrogens with zero attached hydrogens (tertiary/aromatic N) is 3. The molecule has 0 aliphatic carbocycles. The van der Waals surface area contributed by atoms with Crippen molar-refractivity contribution in [1.82, 2.24) is 9.97 Å². The van der Waals surface area contributed by atoms with Crippen LogP contribution in [0.3, 0.4) is 0 Å². The molecule has 1 aromatic heterocycles. The van der Waals surface area contributed by atoms with Crippen LogP contribution < -0.4 is 15.0 Å². The standard InChI is InChI=1S/C19H24N4O2/c1-3-15-6-4-5-11-23(15)18-12-17(20-13-21-18)19(24)22-14-7-9-16(25-2)10-8-14/h7-10,12-13,15H,3-6,11H2,1-2H3,(H,22,24). The Balaban J connectivity index is 1.74. The second-order valence-electron chi connectivity index (χ2n) is 6.20. The van der Waals surface area contributed by atoms with Crippen LogP contribution in [0.2, 0.25) is 0 Å². The van der Waals surface area contributed by atoms with Gasteiger partial charge in [-0.05, 0) is 49.9 Å². The van der Waals surface area contributed by atoms with Gasteiger partial charge in [-0.3, -0.25) is 4.79 Å². The van der Waals surface area contributed by atoms with E-state index in [9.17, 15) is 4.79 Å². The lowest BCUT2D eigenvalue weighted by atomic mass is 10.00. The summed E-state index contributed by atoms with van der Waals surface area (Å²) in [5.74, 6) is 1.35. The first-order valence-corrected chi connectivity index (χ1v) is 8.75. The summed E-state index contributed by atoms with van der Waals surface area (Å²) in [6.07, 6.45) is 6.14. The highest BCUT2D eigenvalue weighted by Crippen LogP contribution is 2.25. The first-order valence-electron chi connectivity index (χ1n) is 8.75. The van der Waals surface area contributed by atoms with Gasteiger partial charge in [-0.2, -0.15) is 0 Å². The van der Waals surface area contributed by atoms with E-state index in [1.54, 1.807) is 37.4 Å². The third kappa shape index (κ3) is 4.07. The number of piperidine rings is 1. The molecule has 1 aliphatic rings. The number of methoxy groups -OCH3 is 1. The summed E-state index contributed by atoms with van der Waals surface area (Å²) in [6, 6.07) is 9.49. The number of rotatable bonds is 5. The maximum Gasteiger partial charge on any atom is 0.274 e. The number of carbonyl (C=O) groups excluding carboxylic acids is 1. The molecule has 1 unspecified atom stereocenters. The normalized spacial score (nSPS) is 17.2. The molecule has 0 spiro atoms. The van der Waals surface area contributed by atoms with Gasteiger partial charge in [-0.15, -0.1) is 0 Å². The lowest BCUT2D eigenvalue weighted by Gasteiger charge is -2.36. The Morgan fingerprint density at radius 1 is 1.28 bits per heavy atom. The summed E-state index contributed by atoms with van der Waals surface area (Å²) in [5.41, 5.74) is 1.08. The van der Waals surface area contributed by atoms with Gasteiger partial charge in [-0.1, -0.05) is 6.92 Å². The Morgan fingerprint density at radius 3 is 2.80 bits per heavy atom. The molecule has 1 aromatic carbocycles. The highest BCUT2D eigenvalue weighted by molar-refractivity contribution is 6.03. The molecule has 1 atom stereocenters. The first kappa shape index (κ1) is 17.2. The third-order valence-electron chi connectivity index (χ3n) is 4.63. The van der Waals surface area contributed by atoms with E-state index in [1.807, 2.05) is 0 Å². The van der Waals surface area contributed by atoms with Gasteiger partial charge in [0.25, 0.3) is 5.91 Å². The minimum absolute atomic E-state index is 0.237. The lowest BCUT2D eigenvalue weighted by Crippen LogP contribution is -2.39. The smallest absolute Gasteiger partial charge is 0.274 e. The van der Waals surface area contributed by atoms with Gasteiger partial charge in [0, 0.05) is 24.3 Å². The molecule has 25 heavy (non-hydrogen) atoms. The number of hydrogen-bond acceptors (Lipinski definition) is 5. The molecule has 1 saturated heterocycles. The molecule has 6 heteroatoms. The molecule has 132 valence electrons. The number of anilines is 2. The summed E-state index contributed by atoms with van der Waals surface area (Å²) in [6.45, 7) is 3.18. The zero-order valence-electron chi connectivity index (χ0n) is 14.7. The molecule has 1 N–H and O–H groups in total. The number of nitrogens with one attached hydrogen (secondary N) is 1. The Kier molecular flexibility index (Phi) is 5.48. The molecule has 3 rings (SSSR count). The number of carbonyl (C=O) groups is 1. The first-order chi connectivity index (χ1) is 12.2. The van der Waals surface area contributed by atoms with Crippen LogP contribution in [0.25, 0.3) is 0 Å². The molecule has 0 saturated carbocycles. The number of ether oxygens (including phenoxy) is 1. The van der Waals surface area contributed by atoms with Crippen LogP contribution in [-0.2, 0) is 0 Å². The number of aromatic nitrogens is 2. The fourth-order valence-electron chi connectivity index (χ4n) is 3.22. The van der Waals surface area contributed by atoms with E-state index in [4.69, 9.17) is 4.74 Å². The summed E-state index contributed by atoms with van der Waals surface area (Å²) < 4.78 is 5.12. The van der Waals surface area contributed by atoms with Crippen LogP contribution >= 0.6 is 0 Å². The molecule has 1 aliphatic heterocycles. The Labute approximate surface area is 148 Å². The van der Waals surface area contributed by atoms with Gasteiger partial charge in [-0.25, -0.2) is 9.97 Å². The van der Waals surface area contributed by atoms with Gasteiger partial charge in [0.05, 0.1) is 7.11 Å². The van der Waals surface area contributed by atoms with Crippen molar-refractivity contribution in [3.05, 3.63) is 42.4 Å². The van der Waals surface area contributed by atoms with Crippen molar-refractivity contribution in [2.75, 3.05) is 23.9 Å². The Hall–Kier alpha value is -2.63. The van der Waals surface area contributed by atoms with Gasteiger partial charge in [0.15, 0.2) is 0 Å². The van der Waals surface area contributed by atoms with Crippen molar-refractivity contribution in [2.24, 2.45) is 0 Å². The van der Waals surface area contributed by atoms with Crippen LogP contribution in [0.4, 0.5) is 11.5 Å². The predicted octanol–water partition coefficient (Wildman–Crippen LogP) is 3.51. The summed E-state index contributed by atoms with van der Waals surface area (Å²) in [4.78, 5) is 23.3. The molecular formula is C19H24N4O2. The fourth-order valence-corrected chi connectivity index (χ4v) is 3.22. The molecular weight excluding hydrogens is 316 g/mol. The van der Waals surface area contributed by atoms with Crippen LogP contribution in [0.1, 0.15) is 43.1 Å². The quantitative estimate of drug-likeness (QED) is 0.902. The number of hydrogen-bond donors (Lipinski definition) is 1. The van der Waals surface area contributed by atoms with E-state index in [2.05, 4.69) is 27.1 Å². The zero-order valence-corrected chi connectivity index (χ0v) is 14.7. The minimum Gasteiger partial charge on any atom is -0.497 e. The third-order valence-corrected chi connectivity index (χ3v) is 4.63. The Morgan fingerprint density at radius 2 is 2.08 bits per heavy atom. The van der Waals surface area contributed by atoms with Gasteiger partial charge >= 0.3 is 0 Å². The van der Waals surface area contributed by atoms with Crippen molar-refractivity contribution < 1.29 is 9.53 Å². The van der Waals surface area contributed by atoms with E-state index in [1.165, 1.54) is 19.2 Å². The highest BCUT2D eigenvalue weighted by Gasteiger charge is 2.23. The van der Waals surface area contributed by atoms with E-state index < -0.39 is 0 Å². The average molecular weight is 340 g/mol. The molecule has 0 bridgehead atoms. The fraction of sp³-hybridized carbons (Fsp3) is 0.421. The van der Waals surface area contributed by atoms with E-state index in [0.717, 1.165) is 31.0 Å². The highest BCUT2D eigenvalue weighted by atomic mass is 16.5. The predicted molar refractivity (Wildman–Crippen MR) is 98.3 cm³/mol. The van der Waals surface area contributed by atoms with Crippen molar-refractivity contribution >= 4 is 17.4 Å². The van der Waals surface area contributed by atoms with Crippen molar-refractivity contribution in [3.8, 4) is 5.75 Å². The zero-order chi connectivity index (χ0) is 17.6. The summed E-state index contributed by atoms with van der Waals surface area (Å²) in [5, 5.41) is 2.86. The van der Waals surface area contributed by atoms with Gasteiger partial charge in [0.2, 0.25) is 0 Å². The average Bonchev–Trinajstić information content (AvgIpc) is 2.68. The van der Waals surface area contributed by atoms with Gasteiger partial charge in [0.1, 0.15) is 23.6 Å². The largest absolute Gasteiger partial charge is 0.497 e. The van der Waals surface area contributed by atoms with Crippen LogP contribution in [0, 0.1) is 0 Å². The number of benzene rings is 1. The number of amides is 1. The second-order valence-corrected chi connectivity index (χ2v) is 6.20. The topological polar surface area (TPSA) is 67.4 Å². The van der Waals surface area contributed by atoms with E-state index >= 15 is 0 Å². The molecule has 2 heterocycles. The Bertz CT molecular complexity index is 718. The second kappa shape index (κ2) is 7.96. The molecule has 6 nitrogen and oxygen atoms in total. The lowest BCUT2D eigenvalue weighted by molar-refractivity contribution is 0.102. The molecule has 1 fully saturated rings. The summed E-state index contributed by atoms with van der Waals surface area (Å²) >= 11 is 0. The van der Waals surface area contributed by atoms with Crippen LogP contribution in [0.5, 0.6) is 5.75 Å². The van der Waals surface area contributed by atoms with Crippen LogP contribution in [0.15, 0.2) is 36.7 Å². The van der Waals surface area contributed by atoms with E-state index in [-0.39, 0.29) is 5.91 Å². The molecule has 2 aromatic rings. The maximum atomic E-state index is 12.5. The SMILES string of the molecule is CCC1CCCCN1c1cc(C(=O)Nc2ccc(OC)cc2)ncn1. The monoisotopic (exact) mass is 340 g/mol. The summed E-state index contributed by atoms with van der Waals surface area (Å²) in [7, 11) is 1.61. The van der Waals surface area contributed by atoms with E-state index in [0.29, 0.717) is 17.4 Å². The van der Waals surface area contributed by atoms with Crippen LogP contribution in [-0.4, -0.2) is 35.6 Å².